The molecule has 3 spiro atoms. The minimum Gasteiger partial charge on any atom is -0.363 e. The van der Waals surface area contributed by atoms with Gasteiger partial charge in [-0.3, -0.25) is 28.9 Å². The Morgan fingerprint density at radius 2 is 1.54 bits per heavy atom. The summed E-state index contributed by atoms with van der Waals surface area (Å²) < 4.78 is 0. The molecule has 4 atom stereocenters. The number of rotatable bonds is 14. The second-order valence-electron chi connectivity index (χ2n) is 20.8. The highest BCUT2D eigenvalue weighted by Gasteiger charge is 2.85. The van der Waals surface area contributed by atoms with Gasteiger partial charge in [0.1, 0.15) is 5.78 Å². The van der Waals surface area contributed by atoms with E-state index in [-0.39, 0.29) is 52.0 Å². The van der Waals surface area contributed by atoms with E-state index in [0.717, 1.165) is 84.0 Å². The van der Waals surface area contributed by atoms with Gasteiger partial charge in [0.2, 0.25) is 11.7 Å². The summed E-state index contributed by atoms with van der Waals surface area (Å²) >= 11 is 0. The molecular formula is C43H68N4O5. The fourth-order valence-corrected chi connectivity index (χ4v) is 12.6. The van der Waals surface area contributed by atoms with E-state index in [0.29, 0.717) is 37.3 Å². The lowest BCUT2D eigenvalue weighted by Gasteiger charge is -2.44. The van der Waals surface area contributed by atoms with Gasteiger partial charge in [-0.1, -0.05) is 79.6 Å². The molecule has 1 unspecified atom stereocenters. The first-order valence-corrected chi connectivity index (χ1v) is 21.1. The molecule has 7 rings (SSSR count). The van der Waals surface area contributed by atoms with Crippen molar-refractivity contribution in [1.29, 1.82) is 0 Å². The standard InChI is InChI=1S/C43H68N4O5/c1-38(2,3)32(23-31(48)24-40(13-7-6-8-14-40)26-46-20-19-45-41(27-46)17-18-41)37(52)47-28-43(39(4,5)42(43)15-10-16-42)25-33(47)34(49)22-30(35(50)36(44)51)21-29-11-9-12-29/h29-30,32-33,45H,6-28H2,1-5H3,(H2,44,51)/t30?,32-,33+,43-/m1/s1. The van der Waals surface area contributed by atoms with Gasteiger partial charge in [-0.05, 0) is 78.9 Å². The van der Waals surface area contributed by atoms with E-state index >= 15 is 4.79 Å². The van der Waals surface area contributed by atoms with Crippen molar-refractivity contribution < 1.29 is 24.0 Å². The number of nitrogens with zero attached hydrogens (tertiary/aromatic N) is 2. The van der Waals surface area contributed by atoms with Crippen molar-refractivity contribution in [1.82, 2.24) is 15.1 Å². The van der Waals surface area contributed by atoms with Crippen LogP contribution in [0.5, 0.6) is 0 Å². The van der Waals surface area contributed by atoms with E-state index in [1.54, 1.807) is 0 Å². The Kier molecular flexibility index (Phi) is 9.95. The highest BCUT2D eigenvalue weighted by molar-refractivity contribution is 6.36. The smallest absolute Gasteiger partial charge is 0.285 e. The van der Waals surface area contributed by atoms with Crippen LogP contribution in [-0.2, 0) is 24.0 Å². The Bertz CT molecular complexity index is 1450. The molecule has 2 heterocycles. The predicted molar refractivity (Wildman–Crippen MR) is 201 cm³/mol. The number of amides is 2. The summed E-state index contributed by atoms with van der Waals surface area (Å²) in [4.78, 5) is 73.6. The fraction of sp³-hybridized carbons (Fsp3) is 0.884. The monoisotopic (exact) mass is 721 g/mol. The average molecular weight is 721 g/mol. The van der Waals surface area contributed by atoms with Gasteiger partial charge in [-0.15, -0.1) is 0 Å². The number of ketones is 3. The van der Waals surface area contributed by atoms with E-state index in [2.05, 4.69) is 44.8 Å². The first-order chi connectivity index (χ1) is 24.5. The fourth-order valence-electron chi connectivity index (χ4n) is 12.6. The quantitative estimate of drug-likeness (QED) is 0.211. The van der Waals surface area contributed by atoms with E-state index in [4.69, 9.17) is 5.73 Å². The van der Waals surface area contributed by atoms with Gasteiger partial charge in [0.05, 0.1) is 6.04 Å². The highest BCUT2D eigenvalue weighted by atomic mass is 16.2. The lowest BCUT2D eigenvalue weighted by molar-refractivity contribution is -0.147. The van der Waals surface area contributed by atoms with Gasteiger partial charge in [-0.25, -0.2) is 0 Å². The number of carbonyl (C=O) groups is 5. The molecule has 9 heteroatoms. The number of nitrogens with two attached hydrogens (primary N) is 1. The Morgan fingerprint density at radius 3 is 2.08 bits per heavy atom. The summed E-state index contributed by atoms with van der Waals surface area (Å²) in [6.45, 7) is 15.4. The molecular weight excluding hydrogens is 652 g/mol. The lowest BCUT2D eigenvalue weighted by atomic mass is 9.68. The van der Waals surface area contributed by atoms with Crippen molar-refractivity contribution in [3.05, 3.63) is 0 Å². The van der Waals surface area contributed by atoms with Gasteiger partial charge in [0.25, 0.3) is 5.91 Å². The number of hydrogen-bond donors (Lipinski definition) is 2. The first-order valence-electron chi connectivity index (χ1n) is 21.1. The van der Waals surface area contributed by atoms with Gasteiger partial charge in [-0.2, -0.15) is 0 Å². The van der Waals surface area contributed by atoms with Crippen LogP contribution in [-0.4, -0.2) is 83.3 Å². The number of hydrogen-bond acceptors (Lipinski definition) is 7. The van der Waals surface area contributed by atoms with Gasteiger partial charge in [0, 0.05) is 74.8 Å². The van der Waals surface area contributed by atoms with Crippen LogP contribution in [0.3, 0.4) is 0 Å². The highest BCUT2D eigenvalue weighted by Crippen LogP contribution is 2.88. The number of Topliss-reactive ketones (excluding diaryl/α,β-unsaturated/α-hetero) is 3. The zero-order valence-corrected chi connectivity index (χ0v) is 33.1. The van der Waals surface area contributed by atoms with Crippen LogP contribution in [0.4, 0.5) is 0 Å². The number of likely N-dealkylation sites (tertiary alicyclic amines) is 1. The summed E-state index contributed by atoms with van der Waals surface area (Å²) in [6, 6.07) is -0.650. The molecule has 7 aliphatic rings. The number of nitrogens with one attached hydrogen (secondary N) is 1. The number of carbonyl (C=O) groups excluding carboxylic acids is 5. The maximum absolute atomic E-state index is 15.1. The third-order valence-electron chi connectivity index (χ3n) is 16.5. The van der Waals surface area contributed by atoms with Crippen LogP contribution in [0, 0.1) is 44.8 Å². The molecule has 3 N–H and O–H groups in total. The lowest BCUT2D eigenvalue weighted by Crippen LogP contribution is -2.55. The normalized spacial score (nSPS) is 31.1. The molecule has 0 bridgehead atoms. The molecule has 5 saturated carbocycles. The average Bonchev–Trinajstić information content (AvgIpc) is 3.78. The minimum absolute atomic E-state index is 0.00359. The molecule has 2 saturated heterocycles. The topological polar surface area (TPSA) is 130 Å². The molecule has 2 amide bonds. The molecule has 0 radical (unpaired) electrons. The molecule has 52 heavy (non-hydrogen) atoms. The van der Waals surface area contributed by atoms with Crippen molar-refractivity contribution in [2.45, 2.75) is 162 Å². The Morgan fingerprint density at radius 1 is 0.846 bits per heavy atom. The molecule has 2 aliphatic heterocycles. The zero-order valence-electron chi connectivity index (χ0n) is 33.1. The van der Waals surface area contributed by atoms with Gasteiger partial charge < -0.3 is 16.0 Å². The summed E-state index contributed by atoms with van der Waals surface area (Å²) in [5.74, 6) is -2.60. The number of piperazine rings is 1. The minimum atomic E-state index is -0.976. The number of primary amides is 1. The van der Waals surface area contributed by atoms with Crippen molar-refractivity contribution >= 4 is 29.2 Å². The second kappa shape index (κ2) is 13.6. The third-order valence-corrected chi connectivity index (χ3v) is 16.5. The molecule has 5 aliphatic carbocycles. The van der Waals surface area contributed by atoms with Crippen LogP contribution < -0.4 is 11.1 Å². The van der Waals surface area contributed by atoms with E-state index in [9.17, 15) is 19.2 Å². The summed E-state index contributed by atoms with van der Waals surface area (Å²) in [5.41, 5.74) is 5.26. The van der Waals surface area contributed by atoms with Crippen LogP contribution in [0.2, 0.25) is 0 Å². The maximum Gasteiger partial charge on any atom is 0.285 e. The molecule has 7 fully saturated rings. The third kappa shape index (κ3) is 6.64. The van der Waals surface area contributed by atoms with Crippen molar-refractivity contribution in [3.8, 4) is 0 Å². The number of fused-ring (bicyclic) bond motifs is 1. The van der Waals surface area contributed by atoms with Crippen LogP contribution in [0.15, 0.2) is 0 Å². The predicted octanol–water partition coefficient (Wildman–Crippen LogP) is 6.00. The van der Waals surface area contributed by atoms with Crippen molar-refractivity contribution in [2.24, 2.45) is 50.6 Å². The van der Waals surface area contributed by atoms with Crippen LogP contribution in [0.1, 0.15) is 150 Å². The van der Waals surface area contributed by atoms with E-state index in [1.165, 1.54) is 25.7 Å². The zero-order chi connectivity index (χ0) is 37.3. The Labute approximate surface area is 312 Å². The SMILES string of the molecule is CC(C)(C)[C@H](CC(=O)CC1(CN2CCNC3(CC3)C2)CCCCC1)C(=O)N1C[C@]2(C[C@H]1C(=O)CC(CC1CCC1)C(=O)C(N)=O)C(C)(C)C21CCC1. The Balaban J connectivity index is 1.11. The van der Waals surface area contributed by atoms with Crippen LogP contribution >= 0.6 is 0 Å². The molecule has 0 aromatic rings. The van der Waals surface area contributed by atoms with Gasteiger partial charge >= 0.3 is 0 Å². The van der Waals surface area contributed by atoms with Gasteiger partial charge in [0.15, 0.2) is 5.78 Å². The van der Waals surface area contributed by atoms with E-state index < -0.39 is 35.0 Å². The summed E-state index contributed by atoms with van der Waals surface area (Å²) in [5, 5.41) is 3.73. The Hall–Kier alpha value is -2.13. The molecule has 0 aromatic heterocycles. The first kappa shape index (κ1) is 38.2. The van der Waals surface area contributed by atoms with E-state index in [1.807, 2.05) is 4.90 Å². The summed E-state index contributed by atoms with van der Waals surface area (Å²) in [6.07, 6.45) is 16.4. The maximum atomic E-state index is 15.1. The largest absolute Gasteiger partial charge is 0.363 e. The van der Waals surface area contributed by atoms with Crippen LogP contribution in [0.25, 0.3) is 0 Å². The second-order valence-corrected chi connectivity index (χ2v) is 20.8. The van der Waals surface area contributed by atoms with Crippen molar-refractivity contribution in [2.75, 3.05) is 32.7 Å². The molecule has 290 valence electrons. The molecule has 9 nitrogen and oxygen atoms in total. The van der Waals surface area contributed by atoms with Crippen molar-refractivity contribution in [3.63, 3.8) is 0 Å². The summed E-state index contributed by atoms with van der Waals surface area (Å²) in [7, 11) is 0. The molecule has 0 aromatic carbocycles.